The summed E-state index contributed by atoms with van der Waals surface area (Å²) < 4.78 is 0. The van der Waals surface area contributed by atoms with Crippen molar-refractivity contribution in [2.45, 2.75) is 20.8 Å². The number of nitrogens with two attached hydrogens (primary N) is 1. The molecule has 2 amide bonds. The highest BCUT2D eigenvalue weighted by molar-refractivity contribution is 6.03. The van der Waals surface area contributed by atoms with Crippen molar-refractivity contribution in [3.63, 3.8) is 0 Å². The molecule has 0 fully saturated rings. The molecule has 5 heteroatoms. The third-order valence-electron chi connectivity index (χ3n) is 2.75. The van der Waals surface area contributed by atoms with E-state index in [1.54, 1.807) is 4.90 Å². The van der Waals surface area contributed by atoms with Gasteiger partial charge in [-0.25, -0.2) is 4.79 Å². The molecule has 0 spiro atoms. The molecule has 1 aromatic carbocycles. The number of carbonyl (C=O) groups is 1. The fraction of sp³-hybridized carbons (Fsp3) is 0.385. The highest BCUT2D eigenvalue weighted by atomic mass is 16.2. The second-order valence-electron chi connectivity index (χ2n) is 4.02. The van der Waals surface area contributed by atoms with Crippen molar-refractivity contribution in [3.05, 3.63) is 29.3 Å². The Bertz CT molecular complexity index is 448. The first-order chi connectivity index (χ1) is 8.51. The standard InChI is InChI=1S/C13H20N4O/c1-5-17(13(18)16-12(14)15-4)11-9(2)7-6-8-10(11)3/h6-8H,5H2,1-4H3,(H3,14,15,16,18). The number of aryl methyl sites for hydroxylation is 2. The minimum Gasteiger partial charge on any atom is -0.370 e. The minimum atomic E-state index is -0.266. The Balaban J connectivity index is 3.07. The van der Waals surface area contributed by atoms with Gasteiger partial charge in [-0.2, -0.15) is 0 Å². The van der Waals surface area contributed by atoms with E-state index in [0.29, 0.717) is 6.54 Å². The average Bonchev–Trinajstić information content (AvgIpc) is 2.33. The predicted molar refractivity (Wildman–Crippen MR) is 75.0 cm³/mol. The van der Waals surface area contributed by atoms with Gasteiger partial charge >= 0.3 is 6.03 Å². The van der Waals surface area contributed by atoms with E-state index in [1.807, 2.05) is 39.0 Å². The van der Waals surface area contributed by atoms with Crippen LogP contribution < -0.4 is 16.0 Å². The van der Waals surface area contributed by atoms with Crippen molar-refractivity contribution in [3.8, 4) is 0 Å². The number of benzene rings is 1. The summed E-state index contributed by atoms with van der Waals surface area (Å²) in [6.45, 7) is 6.45. The van der Waals surface area contributed by atoms with Crippen LogP contribution in [0, 0.1) is 13.8 Å². The molecule has 3 N–H and O–H groups in total. The van der Waals surface area contributed by atoms with Crippen LogP contribution in [0.3, 0.4) is 0 Å². The van der Waals surface area contributed by atoms with Crippen LogP contribution >= 0.6 is 0 Å². The third-order valence-corrected chi connectivity index (χ3v) is 2.75. The van der Waals surface area contributed by atoms with Gasteiger partial charge in [-0.15, -0.1) is 0 Å². The molecule has 18 heavy (non-hydrogen) atoms. The first-order valence-corrected chi connectivity index (χ1v) is 5.88. The second-order valence-corrected chi connectivity index (χ2v) is 4.02. The average molecular weight is 248 g/mol. The van der Waals surface area contributed by atoms with Crippen molar-refractivity contribution >= 4 is 17.7 Å². The summed E-state index contributed by atoms with van der Waals surface area (Å²) in [5.41, 5.74) is 8.54. The molecule has 0 aliphatic rings. The molecule has 0 aromatic heterocycles. The van der Waals surface area contributed by atoms with Crippen LogP contribution in [0.15, 0.2) is 23.2 Å². The van der Waals surface area contributed by atoms with Crippen LogP contribution in [-0.2, 0) is 0 Å². The Morgan fingerprint density at radius 2 is 1.94 bits per heavy atom. The van der Waals surface area contributed by atoms with E-state index in [1.165, 1.54) is 7.05 Å². The topological polar surface area (TPSA) is 70.7 Å². The number of hydrogen-bond acceptors (Lipinski definition) is 2. The molecule has 0 radical (unpaired) electrons. The second kappa shape index (κ2) is 6.05. The Morgan fingerprint density at radius 3 is 2.39 bits per heavy atom. The van der Waals surface area contributed by atoms with Crippen LogP contribution in [0.4, 0.5) is 10.5 Å². The molecule has 0 aliphatic heterocycles. The molecule has 0 unspecified atom stereocenters. The van der Waals surface area contributed by atoms with Crippen LogP contribution in [0.1, 0.15) is 18.1 Å². The van der Waals surface area contributed by atoms with Gasteiger partial charge in [0, 0.05) is 13.6 Å². The van der Waals surface area contributed by atoms with Gasteiger partial charge in [0.05, 0.1) is 5.69 Å². The number of guanidine groups is 1. The molecular formula is C13H20N4O. The van der Waals surface area contributed by atoms with Crippen molar-refractivity contribution in [1.82, 2.24) is 5.32 Å². The van der Waals surface area contributed by atoms with Gasteiger partial charge in [0.25, 0.3) is 0 Å². The molecule has 1 rings (SSSR count). The Hall–Kier alpha value is -2.04. The zero-order chi connectivity index (χ0) is 13.7. The van der Waals surface area contributed by atoms with Gasteiger partial charge in [-0.1, -0.05) is 18.2 Å². The van der Waals surface area contributed by atoms with E-state index in [0.717, 1.165) is 16.8 Å². The maximum Gasteiger partial charge on any atom is 0.328 e. The fourth-order valence-corrected chi connectivity index (χ4v) is 1.87. The molecule has 0 bridgehead atoms. The van der Waals surface area contributed by atoms with Crippen molar-refractivity contribution < 1.29 is 4.79 Å². The van der Waals surface area contributed by atoms with E-state index in [2.05, 4.69) is 10.3 Å². The zero-order valence-corrected chi connectivity index (χ0v) is 11.3. The maximum absolute atomic E-state index is 12.1. The Kier molecular flexibility index (Phi) is 4.71. The summed E-state index contributed by atoms with van der Waals surface area (Å²) in [4.78, 5) is 17.5. The van der Waals surface area contributed by atoms with Crippen molar-refractivity contribution in [2.75, 3.05) is 18.5 Å². The lowest BCUT2D eigenvalue weighted by Gasteiger charge is -2.24. The third kappa shape index (κ3) is 3.00. The van der Waals surface area contributed by atoms with Gasteiger partial charge in [0.1, 0.15) is 0 Å². The molecule has 5 nitrogen and oxygen atoms in total. The minimum absolute atomic E-state index is 0.115. The first kappa shape index (κ1) is 14.0. The van der Waals surface area contributed by atoms with E-state index >= 15 is 0 Å². The van der Waals surface area contributed by atoms with E-state index in [-0.39, 0.29) is 12.0 Å². The highest BCUT2D eigenvalue weighted by Gasteiger charge is 2.17. The maximum atomic E-state index is 12.1. The summed E-state index contributed by atoms with van der Waals surface area (Å²) in [6, 6.07) is 5.67. The molecule has 98 valence electrons. The normalized spacial score (nSPS) is 11.2. The van der Waals surface area contributed by atoms with Gasteiger partial charge in [0.15, 0.2) is 5.96 Å². The lowest BCUT2D eigenvalue weighted by Crippen LogP contribution is -2.46. The summed E-state index contributed by atoms with van der Waals surface area (Å²) >= 11 is 0. The van der Waals surface area contributed by atoms with Gasteiger partial charge in [-0.05, 0) is 31.9 Å². The monoisotopic (exact) mass is 248 g/mol. The van der Waals surface area contributed by atoms with Gasteiger partial charge < -0.3 is 5.73 Å². The van der Waals surface area contributed by atoms with Crippen LogP contribution in [-0.4, -0.2) is 25.6 Å². The van der Waals surface area contributed by atoms with E-state index in [9.17, 15) is 4.79 Å². The number of hydrogen-bond donors (Lipinski definition) is 2. The highest BCUT2D eigenvalue weighted by Crippen LogP contribution is 2.24. The molecule has 0 heterocycles. The molecule has 1 aromatic rings. The summed E-state index contributed by atoms with van der Waals surface area (Å²) in [6.07, 6.45) is 0. The van der Waals surface area contributed by atoms with Crippen LogP contribution in [0.5, 0.6) is 0 Å². The number of nitrogens with one attached hydrogen (secondary N) is 1. The van der Waals surface area contributed by atoms with Crippen LogP contribution in [0.2, 0.25) is 0 Å². The number of carbonyl (C=O) groups excluding carboxylic acids is 1. The Labute approximate surface area is 108 Å². The lowest BCUT2D eigenvalue weighted by atomic mass is 10.1. The van der Waals surface area contributed by atoms with E-state index < -0.39 is 0 Å². The summed E-state index contributed by atoms with van der Waals surface area (Å²) in [5.74, 6) is 0.115. The number of aliphatic imine (C=N–C) groups is 1. The summed E-state index contributed by atoms with van der Waals surface area (Å²) in [5, 5.41) is 2.55. The quantitative estimate of drug-likeness (QED) is 0.618. The summed E-state index contributed by atoms with van der Waals surface area (Å²) in [7, 11) is 1.53. The predicted octanol–water partition coefficient (Wildman–Crippen LogP) is 1.78. The number of urea groups is 1. The molecule has 0 aliphatic carbocycles. The molecule has 0 saturated heterocycles. The molecule has 0 saturated carbocycles. The SMILES string of the molecule is CCN(C(=O)NC(N)=NC)c1c(C)cccc1C. The largest absolute Gasteiger partial charge is 0.370 e. The van der Waals surface area contributed by atoms with E-state index in [4.69, 9.17) is 5.73 Å². The molecular weight excluding hydrogens is 228 g/mol. The number of amides is 2. The van der Waals surface area contributed by atoms with Crippen molar-refractivity contribution in [1.29, 1.82) is 0 Å². The number of rotatable bonds is 2. The van der Waals surface area contributed by atoms with Crippen LogP contribution in [0.25, 0.3) is 0 Å². The number of nitrogens with zero attached hydrogens (tertiary/aromatic N) is 2. The molecule has 0 atom stereocenters. The number of para-hydroxylation sites is 1. The smallest absolute Gasteiger partial charge is 0.328 e. The fourth-order valence-electron chi connectivity index (χ4n) is 1.87. The first-order valence-electron chi connectivity index (χ1n) is 5.88. The lowest BCUT2D eigenvalue weighted by molar-refractivity contribution is 0.250. The Morgan fingerprint density at radius 1 is 1.39 bits per heavy atom. The number of anilines is 1. The van der Waals surface area contributed by atoms with Gasteiger partial charge in [-0.3, -0.25) is 15.2 Å². The zero-order valence-electron chi connectivity index (χ0n) is 11.3. The van der Waals surface area contributed by atoms with Crippen molar-refractivity contribution in [2.24, 2.45) is 10.7 Å². The van der Waals surface area contributed by atoms with Gasteiger partial charge in [0.2, 0.25) is 0 Å².